The van der Waals surface area contributed by atoms with Crippen LogP contribution in [0.1, 0.15) is 50.3 Å². The fourth-order valence-corrected chi connectivity index (χ4v) is 3.70. The number of rotatable bonds is 8. The second-order valence-corrected chi connectivity index (χ2v) is 7.41. The fraction of sp³-hybridized carbons (Fsp3) is 0.700. The smallest absolute Gasteiger partial charge is 0.223 e. The molecule has 0 bridgehead atoms. The van der Waals surface area contributed by atoms with Crippen LogP contribution in [0.3, 0.4) is 0 Å². The summed E-state index contributed by atoms with van der Waals surface area (Å²) in [4.78, 5) is 35.1. The van der Waals surface area contributed by atoms with Crippen LogP contribution in [-0.2, 0) is 14.3 Å². The molecular formula is C20H30N4O5. The molecule has 0 aromatic carbocycles. The SMILES string of the molecule is COc1cc(OC)nc(C2CCN(C(=O)CCC(=O)NCC3CCCO3)CC2)n1. The minimum atomic E-state index is -0.0967. The van der Waals surface area contributed by atoms with E-state index in [1.165, 1.54) is 0 Å². The van der Waals surface area contributed by atoms with Gasteiger partial charge in [-0.1, -0.05) is 0 Å². The Morgan fingerprint density at radius 2 is 1.83 bits per heavy atom. The Balaban J connectivity index is 1.41. The highest BCUT2D eigenvalue weighted by Crippen LogP contribution is 2.28. The Hall–Kier alpha value is -2.42. The zero-order chi connectivity index (χ0) is 20.6. The van der Waals surface area contributed by atoms with Crippen LogP contribution in [0.2, 0.25) is 0 Å². The third kappa shape index (κ3) is 6.03. The molecule has 1 aromatic rings. The fourth-order valence-electron chi connectivity index (χ4n) is 3.70. The maximum Gasteiger partial charge on any atom is 0.223 e. The van der Waals surface area contributed by atoms with E-state index in [4.69, 9.17) is 14.2 Å². The van der Waals surface area contributed by atoms with Gasteiger partial charge in [-0.25, -0.2) is 0 Å². The lowest BCUT2D eigenvalue weighted by atomic mass is 9.95. The monoisotopic (exact) mass is 406 g/mol. The summed E-state index contributed by atoms with van der Waals surface area (Å²) in [5.41, 5.74) is 0. The van der Waals surface area contributed by atoms with E-state index in [2.05, 4.69) is 15.3 Å². The van der Waals surface area contributed by atoms with Crippen molar-refractivity contribution in [3.63, 3.8) is 0 Å². The summed E-state index contributed by atoms with van der Waals surface area (Å²) in [5.74, 6) is 1.69. The molecule has 2 aliphatic heterocycles. The van der Waals surface area contributed by atoms with Crippen LogP contribution in [0, 0.1) is 0 Å². The van der Waals surface area contributed by atoms with Crippen molar-refractivity contribution in [2.45, 2.75) is 50.5 Å². The number of aromatic nitrogens is 2. The molecule has 0 aliphatic carbocycles. The molecule has 2 saturated heterocycles. The minimum Gasteiger partial charge on any atom is -0.481 e. The summed E-state index contributed by atoms with van der Waals surface area (Å²) in [6, 6.07) is 1.64. The Morgan fingerprint density at radius 1 is 1.14 bits per heavy atom. The summed E-state index contributed by atoms with van der Waals surface area (Å²) < 4.78 is 15.9. The molecule has 2 aliphatic rings. The lowest BCUT2D eigenvalue weighted by molar-refractivity contribution is -0.134. The van der Waals surface area contributed by atoms with Crippen molar-refractivity contribution in [1.29, 1.82) is 0 Å². The number of carbonyl (C=O) groups is 2. The summed E-state index contributed by atoms with van der Waals surface area (Å²) >= 11 is 0. The van der Waals surface area contributed by atoms with Gasteiger partial charge in [-0.2, -0.15) is 9.97 Å². The van der Waals surface area contributed by atoms with E-state index in [0.29, 0.717) is 37.2 Å². The summed E-state index contributed by atoms with van der Waals surface area (Å²) in [5, 5.41) is 2.86. The third-order valence-electron chi connectivity index (χ3n) is 5.44. The molecular weight excluding hydrogens is 376 g/mol. The first-order chi connectivity index (χ1) is 14.1. The Kier molecular flexibility index (Phi) is 7.62. The first-order valence-electron chi connectivity index (χ1n) is 10.2. The van der Waals surface area contributed by atoms with Gasteiger partial charge in [-0.3, -0.25) is 9.59 Å². The van der Waals surface area contributed by atoms with Crippen LogP contribution in [0.4, 0.5) is 0 Å². The number of nitrogens with zero attached hydrogens (tertiary/aromatic N) is 3. The molecule has 9 nitrogen and oxygen atoms in total. The van der Waals surface area contributed by atoms with Gasteiger partial charge in [-0.15, -0.1) is 0 Å². The van der Waals surface area contributed by atoms with E-state index in [9.17, 15) is 9.59 Å². The van der Waals surface area contributed by atoms with Crippen molar-refractivity contribution in [2.24, 2.45) is 0 Å². The maximum atomic E-state index is 12.5. The minimum absolute atomic E-state index is 0.0138. The molecule has 2 amide bonds. The van der Waals surface area contributed by atoms with Gasteiger partial charge in [0.25, 0.3) is 0 Å². The topological polar surface area (TPSA) is 103 Å². The van der Waals surface area contributed by atoms with Gasteiger partial charge >= 0.3 is 0 Å². The van der Waals surface area contributed by atoms with Gasteiger partial charge < -0.3 is 24.4 Å². The van der Waals surface area contributed by atoms with Crippen LogP contribution in [0.25, 0.3) is 0 Å². The van der Waals surface area contributed by atoms with Gasteiger partial charge in [0.05, 0.1) is 26.4 Å². The molecule has 9 heteroatoms. The number of amides is 2. The molecule has 1 N–H and O–H groups in total. The first kappa shape index (κ1) is 21.3. The molecule has 0 radical (unpaired) electrons. The molecule has 3 rings (SSSR count). The van der Waals surface area contributed by atoms with E-state index < -0.39 is 0 Å². The highest BCUT2D eigenvalue weighted by Gasteiger charge is 2.26. The number of hydrogen-bond acceptors (Lipinski definition) is 7. The first-order valence-corrected chi connectivity index (χ1v) is 10.2. The van der Waals surface area contributed by atoms with Crippen molar-refractivity contribution in [3.8, 4) is 11.8 Å². The van der Waals surface area contributed by atoms with E-state index in [1.54, 1.807) is 20.3 Å². The zero-order valence-electron chi connectivity index (χ0n) is 17.2. The molecule has 1 aromatic heterocycles. The standard InChI is InChI=1S/C20H30N4O5/c1-27-17-12-18(28-2)23-20(22-17)14-7-9-24(10-8-14)19(26)6-5-16(25)21-13-15-4-3-11-29-15/h12,14-15H,3-11,13H2,1-2H3,(H,21,25). The van der Waals surface area contributed by atoms with Crippen LogP contribution in [0.15, 0.2) is 6.07 Å². The van der Waals surface area contributed by atoms with Crippen LogP contribution < -0.4 is 14.8 Å². The van der Waals surface area contributed by atoms with Crippen molar-refractivity contribution < 1.29 is 23.8 Å². The molecule has 0 spiro atoms. The predicted molar refractivity (Wildman–Crippen MR) is 105 cm³/mol. The largest absolute Gasteiger partial charge is 0.481 e. The number of likely N-dealkylation sites (tertiary alicyclic amines) is 1. The second-order valence-electron chi connectivity index (χ2n) is 7.41. The van der Waals surface area contributed by atoms with Crippen molar-refractivity contribution in [1.82, 2.24) is 20.2 Å². The summed E-state index contributed by atoms with van der Waals surface area (Å²) in [7, 11) is 3.12. The van der Waals surface area contributed by atoms with Crippen molar-refractivity contribution in [3.05, 3.63) is 11.9 Å². The summed E-state index contributed by atoms with van der Waals surface area (Å²) in [6.07, 6.45) is 4.12. The Bertz CT molecular complexity index is 678. The Labute approximate surface area is 171 Å². The van der Waals surface area contributed by atoms with Gasteiger partial charge in [0, 0.05) is 45.0 Å². The average Bonchev–Trinajstić information content (AvgIpc) is 3.29. The van der Waals surface area contributed by atoms with Crippen LogP contribution in [0.5, 0.6) is 11.8 Å². The highest BCUT2D eigenvalue weighted by atomic mass is 16.5. The molecule has 2 fully saturated rings. The maximum absolute atomic E-state index is 12.5. The van der Waals surface area contributed by atoms with Gasteiger partial charge in [-0.05, 0) is 25.7 Å². The number of piperidine rings is 1. The Morgan fingerprint density at radius 3 is 2.41 bits per heavy atom. The van der Waals surface area contributed by atoms with Gasteiger partial charge in [0.1, 0.15) is 5.82 Å². The average molecular weight is 406 g/mol. The molecule has 160 valence electrons. The van der Waals surface area contributed by atoms with E-state index in [-0.39, 0.29) is 36.7 Å². The number of carbonyl (C=O) groups excluding carboxylic acids is 2. The lowest BCUT2D eigenvalue weighted by Gasteiger charge is -2.31. The lowest BCUT2D eigenvalue weighted by Crippen LogP contribution is -2.39. The van der Waals surface area contributed by atoms with E-state index >= 15 is 0 Å². The molecule has 1 unspecified atom stereocenters. The number of nitrogens with one attached hydrogen (secondary N) is 1. The van der Waals surface area contributed by atoms with Crippen LogP contribution in [-0.4, -0.2) is 73.2 Å². The van der Waals surface area contributed by atoms with Gasteiger partial charge in [0.2, 0.25) is 23.6 Å². The highest BCUT2D eigenvalue weighted by molar-refractivity contribution is 5.83. The normalized spacial score (nSPS) is 19.8. The van der Waals surface area contributed by atoms with Crippen LogP contribution >= 0.6 is 0 Å². The number of methoxy groups -OCH3 is 2. The second kappa shape index (κ2) is 10.4. The zero-order valence-corrected chi connectivity index (χ0v) is 17.2. The molecule has 1 atom stereocenters. The van der Waals surface area contributed by atoms with E-state index in [0.717, 1.165) is 32.3 Å². The number of ether oxygens (including phenoxy) is 3. The quantitative estimate of drug-likeness (QED) is 0.693. The third-order valence-corrected chi connectivity index (χ3v) is 5.44. The molecule has 29 heavy (non-hydrogen) atoms. The molecule has 3 heterocycles. The van der Waals surface area contributed by atoms with Crippen molar-refractivity contribution >= 4 is 11.8 Å². The summed E-state index contributed by atoms with van der Waals surface area (Å²) in [6.45, 7) is 2.55. The number of hydrogen-bond donors (Lipinski definition) is 1. The molecule has 0 saturated carbocycles. The van der Waals surface area contributed by atoms with Gasteiger partial charge in [0.15, 0.2) is 0 Å². The predicted octanol–water partition coefficient (Wildman–Crippen LogP) is 1.28. The van der Waals surface area contributed by atoms with Crippen molar-refractivity contribution in [2.75, 3.05) is 40.5 Å². The van der Waals surface area contributed by atoms with E-state index in [1.807, 2.05) is 4.90 Å².